The molecule has 0 spiro atoms. The summed E-state index contributed by atoms with van der Waals surface area (Å²) >= 11 is 0. The minimum absolute atomic E-state index is 0.272. The van der Waals surface area contributed by atoms with Gasteiger partial charge in [0, 0.05) is 0 Å². The Morgan fingerprint density at radius 2 is 2.06 bits per heavy atom. The predicted octanol–water partition coefficient (Wildman–Crippen LogP) is 2.77. The van der Waals surface area contributed by atoms with Crippen LogP contribution >= 0.6 is 0 Å². The molecule has 0 saturated heterocycles. The van der Waals surface area contributed by atoms with E-state index < -0.39 is 11.4 Å². The molecule has 1 aromatic rings. The van der Waals surface area contributed by atoms with Crippen LogP contribution < -0.4 is 0 Å². The molecule has 0 atom stereocenters. The molecule has 1 aliphatic carbocycles. The second kappa shape index (κ2) is 4.06. The van der Waals surface area contributed by atoms with Crippen molar-refractivity contribution in [3.05, 3.63) is 28.8 Å². The molecule has 1 fully saturated rings. The summed E-state index contributed by atoms with van der Waals surface area (Å²) in [6.45, 7) is 3.83. The number of aromatic hydroxyl groups is 1. The summed E-state index contributed by atoms with van der Waals surface area (Å²) in [4.78, 5) is 11.5. The van der Waals surface area contributed by atoms with Gasteiger partial charge in [-0.15, -0.1) is 0 Å². The van der Waals surface area contributed by atoms with Crippen LogP contribution in [0.5, 0.6) is 5.75 Å². The highest BCUT2D eigenvalue weighted by Gasteiger charge is 2.46. The lowest BCUT2D eigenvalue weighted by molar-refractivity contribution is -0.147. The van der Waals surface area contributed by atoms with Crippen LogP contribution in [0.1, 0.15) is 42.9 Å². The minimum atomic E-state index is -0.736. The van der Waals surface area contributed by atoms with Crippen molar-refractivity contribution in [2.45, 2.75) is 44.9 Å². The number of rotatable bonds is 3. The molecule has 0 amide bonds. The SMILES string of the molecule is CCc1cc(C2(C(=O)O)CCC2)c(C)cc1O. The Labute approximate surface area is 101 Å². The summed E-state index contributed by atoms with van der Waals surface area (Å²) in [5.41, 5.74) is 1.88. The number of carbonyl (C=O) groups is 1. The Hall–Kier alpha value is -1.51. The number of aliphatic carboxylic acids is 1. The van der Waals surface area contributed by atoms with Gasteiger partial charge >= 0.3 is 5.97 Å². The summed E-state index contributed by atoms with van der Waals surface area (Å²) in [6, 6.07) is 3.56. The van der Waals surface area contributed by atoms with Crippen LogP contribution in [0.25, 0.3) is 0 Å². The fourth-order valence-corrected chi connectivity index (χ4v) is 2.67. The van der Waals surface area contributed by atoms with E-state index in [1.807, 2.05) is 19.9 Å². The van der Waals surface area contributed by atoms with Gasteiger partial charge in [0.25, 0.3) is 0 Å². The van der Waals surface area contributed by atoms with Gasteiger partial charge in [-0.1, -0.05) is 19.4 Å². The highest BCUT2D eigenvalue weighted by atomic mass is 16.4. The van der Waals surface area contributed by atoms with Gasteiger partial charge < -0.3 is 10.2 Å². The van der Waals surface area contributed by atoms with Crippen molar-refractivity contribution < 1.29 is 15.0 Å². The van der Waals surface area contributed by atoms with E-state index in [0.29, 0.717) is 12.8 Å². The van der Waals surface area contributed by atoms with Crippen molar-refractivity contribution in [2.24, 2.45) is 0 Å². The van der Waals surface area contributed by atoms with Gasteiger partial charge in [-0.05, 0) is 48.9 Å². The minimum Gasteiger partial charge on any atom is -0.508 e. The third kappa shape index (κ3) is 1.70. The summed E-state index contributed by atoms with van der Waals surface area (Å²) < 4.78 is 0. The Bertz CT molecular complexity index is 459. The number of phenols is 1. The summed E-state index contributed by atoms with van der Waals surface area (Å²) in [5.74, 6) is -0.465. The second-order valence-corrected chi connectivity index (χ2v) is 4.89. The Morgan fingerprint density at radius 1 is 1.41 bits per heavy atom. The van der Waals surface area contributed by atoms with Crippen LogP contribution in [0.4, 0.5) is 0 Å². The summed E-state index contributed by atoms with van der Waals surface area (Å²) in [5, 5.41) is 19.2. The maximum Gasteiger partial charge on any atom is 0.314 e. The van der Waals surface area contributed by atoms with Gasteiger partial charge in [0.2, 0.25) is 0 Å². The first kappa shape index (κ1) is 12.0. The number of aryl methyl sites for hydroxylation is 2. The third-order valence-corrected chi connectivity index (χ3v) is 3.94. The summed E-state index contributed by atoms with van der Waals surface area (Å²) in [6.07, 6.45) is 3.09. The zero-order valence-electron chi connectivity index (χ0n) is 10.3. The largest absolute Gasteiger partial charge is 0.508 e. The maximum absolute atomic E-state index is 11.5. The molecule has 2 rings (SSSR count). The van der Waals surface area contributed by atoms with Crippen LogP contribution in [0.3, 0.4) is 0 Å². The number of carboxylic acid groups (broad SMARTS) is 1. The highest BCUT2D eigenvalue weighted by molar-refractivity contribution is 5.83. The molecule has 1 aliphatic rings. The zero-order chi connectivity index (χ0) is 12.6. The van der Waals surface area contributed by atoms with Gasteiger partial charge in [0.15, 0.2) is 0 Å². The molecular formula is C14H18O3. The maximum atomic E-state index is 11.5. The van der Waals surface area contributed by atoms with E-state index >= 15 is 0 Å². The molecule has 1 aromatic carbocycles. The van der Waals surface area contributed by atoms with Crippen molar-refractivity contribution in [3.8, 4) is 5.75 Å². The van der Waals surface area contributed by atoms with E-state index in [1.54, 1.807) is 6.07 Å². The number of carboxylic acids is 1. The highest BCUT2D eigenvalue weighted by Crippen LogP contribution is 2.46. The quantitative estimate of drug-likeness (QED) is 0.845. The molecular weight excluding hydrogens is 216 g/mol. The average Bonchev–Trinajstić information content (AvgIpc) is 2.18. The molecule has 92 valence electrons. The Balaban J connectivity index is 2.54. The number of hydrogen-bond donors (Lipinski definition) is 2. The zero-order valence-corrected chi connectivity index (χ0v) is 10.3. The van der Waals surface area contributed by atoms with Crippen molar-refractivity contribution in [3.63, 3.8) is 0 Å². The van der Waals surface area contributed by atoms with Crippen molar-refractivity contribution in [1.82, 2.24) is 0 Å². The topological polar surface area (TPSA) is 57.5 Å². The Kier molecular flexibility index (Phi) is 2.86. The first-order chi connectivity index (χ1) is 8.01. The molecule has 3 heteroatoms. The number of hydrogen-bond acceptors (Lipinski definition) is 2. The van der Waals surface area contributed by atoms with Gasteiger partial charge in [-0.25, -0.2) is 0 Å². The van der Waals surface area contributed by atoms with Gasteiger partial charge in [0.05, 0.1) is 5.41 Å². The molecule has 0 heterocycles. The van der Waals surface area contributed by atoms with Crippen molar-refractivity contribution in [1.29, 1.82) is 0 Å². The van der Waals surface area contributed by atoms with Gasteiger partial charge in [-0.3, -0.25) is 4.79 Å². The van der Waals surface area contributed by atoms with Crippen molar-refractivity contribution in [2.75, 3.05) is 0 Å². The molecule has 3 nitrogen and oxygen atoms in total. The van der Waals surface area contributed by atoms with E-state index in [-0.39, 0.29) is 5.75 Å². The lowest BCUT2D eigenvalue weighted by Gasteiger charge is -2.39. The molecule has 17 heavy (non-hydrogen) atoms. The number of phenolic OH excluding ortho intramolecular Hbond substituents is 1. The van der Waals surface area contributed by atoms with Crippen molar-refractivity contribution >= 4 is 5.97 Å². The molecule has 0 aliphatic heterocycles. The fourth-order valence-electron chi connectivity index (χ4n) is 2.67. The lowest BCUT2D eigenvalue weighted by atomic mass is 9.63. The average molecular weight is 234 g/mol. The Morgan fingerprint density at radius 3 is 2.47 bits per heavy atom. The normalized spacial score (nSPS) is 17.5. The van der Waals surface area contributed by atoms with Crippen LogP contribution in [0.15, 0.2) is 12.1 Å². The molecule has 1 saturated carbocycles. The monoisotopic (exact) mass is 234 g/mol. The van der Waals surface area contributed by atoms with E-state index in [1.165, 1.54) is 0 Å². The van der Waals surface area contributed by atoms with Crippen LogP contribution in [-0.2, 0) is 16.6 Å². The molecule has 0 unspecified atom stereocenters. The molecule has 0 bridgehead atoms. The van der Waals surface area contributed by atoms with Crippen LogP contribution in [-0.4, -0.2) is 16.2 Å². The predicted molar refractivity (Wildman–Crippen MR) is 65.4 cm³/mol. The first-order valence-electron chi connectivity index (χ1n) is 6.07. The standard InChI is InChI=1S/C14H18O3/c1-3-10-8-11(9(2)7-12(10)15)14(13(16)17)5-4-6-14/h7-8,15H,3-6H2,1-2H3,(H,16,17). The van der Waals surface area contributed by atoms with E-state index in [0.717, 1.165) is 29.5 Å². The van der Waals surface area contributed by atoms with Crippen LogP contribution in [0.2, 0.25) is 0 Å². The van der Waals surface area contributed by atoms with Gasteiger partial charge in [0.1, 0.15) is 5.75 Å². The lowest BCUT2D eigenvalue weighted by Crippen LogP contribution is -2.42. The molecule has 0 aromatic heterocycles. The number of benzene rings is 1. The fraction of sp³-hybridized carbons (Fsp3) is 0.500. The first-order valence-corrected chi connectivity index (χ1v) is 6.07. The third-order valence-electron chi connectivity index (χ3n) is 3.94. The smallest absolute Gasteiger partial charge is 0.314 e. The molecule has 2 N–H and O–H groups in total. The molecule has 0 radical (unpaired) electrons. The van der Waals surface area contributed by atoms with Gasteiger partial charge in [-0.2, -0.15) is 0 Å². The second-order valence-electron chi connectivity index (χ2n) is 4.89. The van der Waals surface area contributed by atoms with Crippen LogP contribution in [0, 0.1) is 6.92 Å². The summed E-state index contributed by atoms with van der Waals surface area (Å²) in [7, 11) is 0. The van der Waals surface area contributed by atoms with E-state index in [9.17, 15) is 15.0 Å². The van der Waals surface area contributed by atoms with E-state index in [2.05, 4.69) is 0 Å². The van der Waals surface area contributed by atoms with E-state index in [4.69, 9.17) is 0 Å².